The van der Waals surface area contributed by atoms with Crippen LogP contribution in [-0.4, -0.2) is 15.6 Å². The molecule has 1 rings (SSSR count). The fourth-order valence-corrected chi connectivity index (χ4v) is 1.63. The lowest BCUT2D eigenvalue weighted by Gasteiger charge is -2.10. The zero-order chi connectivity index (χ0) is 12.3. The van der Waals surface area contributed by atoms with Crippen LogP contribution in [0.3, 0.4) is 0 Å². The van der Waals surface area contributed by atoms with Crippen LogP contribution in [0.4, 0.5) is 0 Å². The molecule has 0 saturated carbocycles. The molecule has 0 radical (unpaired) electrons. The van der Waals surface area contributed by atoms with Crippen LogP contribution in [0.15, 0.2) is 23.0 Å². The minimum atomic E-state index is -1.17. The van der Waals surface area contributed by atoms with Gasteiger partial charge in [-0.25, -0.2) is 4.79 Å². The molecule has 0 aliphatic rings. The van der Waals surface area contributed by atoms with Gasteiger partial charge < -0.3 is 9.67 Å². The van der Waals surface area contributed by atoms with Crippen LogP contribution in [0, 0.1) is 13.8 Å². The second kappa shape index (κ2) is 4.79. The van der Waals surface area contributed by atoms with Crippen molar-refractivity contribution in [3.05, 3.63) is 45.4 Å². The summed E-state index contributed by atoms with van der Waals surface area (Å²) in [5, 5.41) is 8.96. The zero-order valence-electron chi connectivity index (χ0n) is 9.65. The third kappa shape index (κ3) is 2.21. The molecule has 0 fully saturated rings. The maximum absolute atomic E-state index is 11.9. The van der Waals surface area contributed by atoms with Gasteiger partial charge in [-0.05, 0) is 32.4 Å². The fraction of sp³-hybridized carbons (Fsp3) is 0.333. The Labute approximate surface area is 93.8 Å². The lowest BCUT2D eigenvalue weighted by molar-refractivity contribution is 0.0693. The number of carboxylic acid groups (broad SMARTS) is 1. The van der Waals surface area contributed by atoms with E-state index in [-0.39, 0.29) is 5.56 Å². The molecule has 1 N–H and O–H groups in total. The van der Waals surface area contributed by atoms with Crippen molar-refractivity contribution in [2.75, 3.05) is 0 Å². The molecular weight excluding hydrogens is 206 g/mol. The Bertz CT molecular complexity index is 498. The summed E-state index contributed by atoms with van der Waals surface area (Å²) >= 11 is 0. The van der Waals surface area contributed by atoms with Crippen molar-refractivity contribution in [1.82, 2.24) is 4.57 Å². The quantitative estimate of drug-likeness (QED) is 0.791. The number of hydrogen-bond donors (Lipinski definition) is 1. The van der Waals surface area contributed by atoms with Crippen molar-refractivity contribution in [1.29, 1.82) is 0 Å². The molecule has 0 spiro atoms. The van der Waals surface area contributed by atoms with Crippen LogP contribution in [0.5, 0.6) is 0 Å². The van der Waals surface area contributed by atoms with Crippen molar-refractivity contribution < 1.29 is 9.90 Å². The Morgan fingerprint density at radius 2 is 2.12 bits per heavy atom. The topological polar surface area (TPSA) is 59.3 Å². The Morgan fingerprint density at radius 3 is 2.62 bits per heavy atom. The second-order valence-corrected chi connectivity index (χ2v) is 3.63. The lowest BCUT2D eigenvalue weighted by atomic mass is 10.1. The molecule has 0 aliphatic carbocycles. The van der Waals surface area contributed by atoms with E-state index in [0.717, 1.165) is 5.69 Å². The Kier molecular flexibility index (Phi) is 3.66. The zero-order valence-corrected chi connectivity index (χ0v) is 9.65. The van der Waals surface area contributed by atoms with E-state index in [2.05, 4.69) is 0 Å². The first kappa shape index (κ1) is 12.2. The van der Waals surface area contributed by atoms with Crippen molar-refractivity contribution in [2.24, 2.45) is 0 Å². The number of aromatic nitrogens is 1. The van der Waals surface area contributed by atoms with Gasteiger partial charge in [0, 0.05) is 12.2 Å². The van der Waals surface area contributed by atoms with E-state index in [1.165, 1.54) is 4.57 Å². The number of rotatable bonds is 3. The number of hydrogen-bond acceptors (Lipinski definition) is 2. The van der Waals surface area contributed by atoms with Gasteiger partial charge in [0.2, 0.25) is 0 Å². The van der Waals surface area contributed by atoms with E-state index in [4.69, 9.17) is 5.11 Å². The molecule has 0 aliphatic heterocycles. The number of pyridine rings is 1. The number of aryl methyl sites for hydroxylation is 2. The average Bonchev–Trinajstić information content (AvgIpc) is 2.16. The van der Waals surface area contributed by atoms with Crippen molar-refractivity contribution in [3.8, 4) is 0 Å². The summed E-state index contributed by atoms with van der Waals surface area (Å²) in [7, 11) is 0. The van der Waals surface area contributed by atoms with Gasteiger partial charge in [-0.1, -0.05) is 12.2 Å². The highest BCUT2D eigenvalue weighted by Crippen LogP contribution is 2.06. The largest absolute Gasteiger partial charge is 0.477 e. The fourth-order valence-electron chi connectivity index (χ4n) is 1.63. The van der Waals surface area contributed by atoms with E-state index in [0.29, 0.717) is 12.1 Å². The first-order valence-corrected chi connectivity index (χ1v) is 5.04. The molecule has 0 amide bonds. The molecule has 1 aromatic rings. The normalized spacial score (nSPS) is 10.9. The van der Waals surface area contributed by atoms with Gasteiger partial charge in [0.05, 0.1) is 0 Å². The van der Waals surface area contributed by atoms with Crippen LogP contribution >= 0.6 is 0 Å². The number of allylic oxidation sites excluding steroid dienone is 2. The number of nitrogens with zero attached hydrogens (tertiary/aromatic N) is 1. The van der Waals surface area contributed by atoms with Gasteiger partial charge in [0.1, 0.15) is 5.56 Å². The molecule has 0 aromatic carbocycles. The first-order chi connectivity index (χ1) is 7.49. The summed E-state index contributed by atoms with van der Waals surface area (Å²) in [6.07, 6.45) is 3.64. The van der Waals surface area contributed by atoms with Crippen molar-refractivity contribution in [2.45, 2.75) is 27.3 Å². The van der Waals surface area contributed by atoms with E-state index >= 15 is 0 Å². The molecule has 4 nitrogen and oxygen atoms in total. The van der Waals surface area contributed by atoms with Gasteiger partial charge in [-0.3, -0.25) is 4.79 Å². The third-order valence-corrected chi connectivity index (χ3v) is 2.44. The highest BCUT2D eigenvalue weighted by Gasteiger charge is 2.15. The summed E-state index contributed by atoms with van der Waals surface area (Å²) < 4.78 is 1.45. The Balaban J connectivity index is 3.45. The van der Waals surface area contributed by atoms with Gasteiger partial charge in [-0.15, -0.1) is 0 Å². The highest BCUT2D eigenvalue weighted by molar-refractivity contribution is 5.88. The summed E-state index contributed by atoms with van der Waals surface area (Å²) in [5.41, 5.74) is 0.690. The SMILES string of the molecule is CC=CCn1c(C)cc(C)c(C(=O)O)c1=O. The second-order valence-electron chi connectivity index (χ2n) is 3.63. The van der Waals surface area contributed by atoms with Gasteiger partial charge in [0.15, 0.2) is 0 Å². The molecule has 1 aromatic heterocycles. The Morgan fingerprint density at radius 1 is 1.50 bits per heavy atom. The predicted octanol–water partition coefficient (Wildman–Crippen LogP) is 1.74. The average molecular weight is 221 g/mol. The summed E-state index contributed by atoms with van der Waals surface area (Å²) in [6, 6.07) is 1.72. The minimum Gasteiger partial charge on any atom is -0.477 e. The van der Waals surface area contributed by atoms with E-state index < -0.39 is 11.5 Å². The van der Waals surface area contributed by atoms with Gasteiger partial charge in [-0.2, -0.15) is 0 Å². The van der Waals surface area contributed by atoms with Crippen LogP contribution in [0.25, 0.3) is 0 Å². The van der Waals surface area contributed by atoms with E-state index in [1.54, 1.807) is 19.9 Å². The standard InChI is InChI=1S/C12H15NO3/c1-4-5-6-13-9(3)7-8(2)10(11(13)14)12(15)16/h4-5,7H,6H2,1-3H3,(H,15,16). The van der Waals surface area contributed by atoms with E-state index in [9.17, 15) is 9.59 Å². The minimum absolute atomic E-state index is 0.143. The molecule has 16 heavy (non-hydrogen) atoms. The molecule has 0 atom stereocenters. The molecule has 0 unspecified atom stereocenters. The number of carboxylic acids is 1. The van der Waals surface area contributed by atoms with Gasteiger partial charge in [0.25, 0.3) is 5.56 Å². The maximum atomic E-state index is 11.9. The van der Waals surface area contributed by atoms with Crippen molar-refractivity contribution in [3.63, 3.8) is 0 Å². The predicted molar refractivity (Wildman–Crippen MR) is 61.9 cm³/mol. The van der Waals surface area contributed by atoms with Crippen molar-refractivity contribution >= 4 is 5.97 Å². The molecular formula is C12H15NO3. The lowest BCUT2D eigenvalue weighted by Crippen LogP contribution is -2.28. The monoisotopic (exact) mass is 221 g/mol. The summed E-state index contributed by atoms with van der Waals surface area (Å²) in [4.78, 5) is 22.9. The molecule has 0 bridgehead atoms. The van der Waals surface area contributed by atoms with Crippen LogP contribution in [0.2, 0.25) is 0 Å². The molecule has 0 saturated heterocycles. The molecule has 1 heterocycles. The number of carbonyl (C=O) groups is 1. The van der Waals surface area contributed by atoms with E-state index in [1.807, 2.05) is 19.1 Å². The number of aromatic carboxylic acids is 1. The van der Waals surface area contributed by atoms with Crippen LogP contribution < -0.4 is 5.56 Å². The first-order valence-electron chi connectivity index (χ1n) is 5.04. The molecule has 86 valence electrons. The molecule has 4 heteroatoms. The Hall–Kier alpha value is -1.84. The summed E-state index contributed by atoms with van der Waals surface area (Å²) in [6.45, 7) is 5.69. The van der Waals surface area contributed by atoms with Gasteiger partial charge >= 0.3 is 5.97 Å². The summed E-state index contributed by atoms with van der Waals surface area (Å²) in [5.74, 6) is -1.17. The smallest absolute Gasteiger partial charge is 0.341 e. The highest BCUT2D eigenvalue weighted by atomic mass is 16.4. The van der Waals surface area contributed by atoms with Crippen LogP contribution in [-0.2, 0) is 6.54 Å². The maximum Gasteiger partial charge on any atom is 0.341 e. The third-order valence-electron chi connectivity index (χ3n) is 2.44. The van der Waals surface area contributed by atoms with Crippen LogP contribution in [0.1, 0.15) is 28.5 Å².